The molecule has 0 aromatic rings. The molecule has 0 spiro atoms. The van der Waals surface area contributed by atoms with Crippen LogP contribution in [-0.4, -0.2) is 37.2 Å². The lowest BCUT2D eigenvalue weighted by molar-refractivity contribution is -0.167. The van der Waals surface area contributed by atoms with Crippen LogP contribution in [0, 0.1) is 0 Å². The number of rotatable bonds is 58. The maximum absolute atomic E-state index is 12.9. The van der Waals surface area contributed by atoms with E-state index < -0.39 is 6.10 Å². The Hall–Kier alpha value is -3.67. The van der Waals surface area contributed by atoms with Crippen molar-refractivity contribution in [1.82, 2.24) is 0 Å². The molecule has 0 heterocycles. The van der Waals surface area contributed by atoms with E-state index in [1.807, 2.05) is 0 Å². The molecule has 0 radical (unpaired) electrons. The van der Waals surface area contributed by atoms with Crippen molar-refractivity contribution in [3.05, 3.63) is 97.2 Å². The van der Waals surface area contributed by atoms with Crippen LogP contribution in [0.1, 0.15) is 310 Å². The molecule has 0 aliphatic heterocycles. The first kappa shape index (κ1) is 72.3. The fourth-order valence-corrected chi connectivity index (χ4v) is 9.07. The molecule has 1 atom stereocenters. The summed E-state index contributed by atoms with van der Waals surface area (Å²) >= 11 is 0. The highest BCUT2D eigenvalue weighted by atomic mass is 16.6. The second kappa shape index (κ2) is 63.9. The van der Waals surface area contributed by atoms with E-state index in [0.29, 0.717) is 25.7 Å². The van der Waals surface area contributed by atoms with Crippen molar-refractivity contribution in [3.8, 4) is 0 Å². The molecule has 0 N–H and O–H groups in total. The summed E-state index contributed by atoms with van der Waals surface area (Å²) in [6, 6.07) is 0. The topological polar surface area (TPSA) is 78.9 Å². The zero-order valence-electron chi connectivity index (χ0n) is 50.0. The molecule has 0 rings (SSSR count). The molecule has 0 saturated heterocycles. The summed E-state index contributed by atoms with van der Waals surface area (Å²) in [4.78, 5) is 38.2. The fourth-order valence-electron chi connectivity index (χ4n) is 9.07. The lowest BCUT2D eigenvalue weighted by Crippen LogP contribution is -2.30. The Labute approximate surface area is 470 Å². The van der Waals surface area contributed by atoms with Crippen molar-refractivity contribution in [2.75, 3.05) is 13.2 Å². The number of unbranched alkanes of at least 4 members (excludes halogenated alkanes) is 31. The molecule has 0 aliphatic carbocycles. The van der Waals surface area contributed by atoms with E-state index >= 15 is 0 Å². The summed E-state index contributed by atoms with van der Waals surface area (Å²) in [7, 11) is 0. The van der Waals surface area contributed by atoms with Gasteiger partial charge in [0, 0.05) is 19.3 Å². The molecule has 0 fully saturated rings. The van der Waals surface area contributed by atoms with Gasteiger partial charge in [0.05, 0.1) is 0 Å². The third-order valence-electron chi connectivity index (χ3n) is 13.8. The van der Waals surface area contributed by atoms with Gasteiger partial charge in [-0.1, -0.05) is 291 Å². The minimum Gasteiger partial charge on any atom is -0.462 e. The molecular formula is C70H120O6. The SMILES string of the molecule is CC/C=C\C/C=C\C/C=C\C/C=C\CCCCC(=O)OCC(COC(=O)CCCCCCCCCCCCCCCCCCCCCCCCCCCCCC)OC(=O)CCCC/C=C\C/C=C\C/C=C\C/C=C\CC. The molecule has 6 heteroatoms. The molecule has 0 aliphatic rings. The number of carbonyl (C=O) groups excluding carboxylic acids is 3. The molecule has 76 heavy (non-hydrogen) atoms. The lowest BCUT2D eigenvalue weighted by atomic mass is 10.0. The summed E-state index contributed by atoms with van der Waals surface area (Å²) in [5.41, 5.74) is 0. The van der Waals surface area contributed by atoms with E-state index in [-0.39, 0.29) is 37.5 Å². The Morgan fingerprint density at radius 3 is 0.803 bits per heavy atom. The summed E-state index contributed by atoms with van der Waals surface area (Å²) in [5.74, 6) is -0.983. The summed E-state index contributed by atoms with van der Waals surface area (Å²) in [5, 5.41) is 0. The molecule has 0 saturated carbocycles. The molecular weight excluding hydrogens is 937 g/mol. The van der Waals surface area contributed by atoms with Gasteiger partial charge in [-0.3, -0.25) is 14.4 Å². The molecule has 6 nitrogen and oxygen atoms in total. The minimum atomic E-state index is -0.817. The standard InChI is InChI=1S/C70H120O6/c1-4-7-10-13-16-19-22-25-28-29-30-31-32-33-34-35-36-37-38-39-40-43-45-48-51-54-57-60-63-69(72)75-66-67(76-70(73)64-61-58-55-52-49-46-42-27-24-21-18-15-12-9-6-3)65-74-68(71)62-59-56-53-50-47-44-41-26-23-20-17-14-11-8-5-2/h8-9,11-12,17-18,20-21,26-27,41-42,47,49-50,52,67H,4-7,10,13-16,19,22-25,28-40,43-46,48,51,53-66H2,1-3H3/b11-8-,12-9-,20-17-,21-18-,41-26-,42-27-,50-47-,52-49-. The Kier molecular flexibility index (Phi) is 60.8. The van der Waals surface area contributed by atoms with Crippen LogP contribution in [0.3, 0.4) is 0 Å². The summed E-state index contributed by atoms with van der Waals surface area (Å²) in [6.07, 6.45) is 85.9. The Morgan fingerprint density at radius 1 is 0.276 bits per heavy atom. The van der Waals surface area contributed by atoms with Gasteiger partial charge in [-0.2, -0.15) is 0 Å². The predicted molar refractivity (Wildman–Crippen MR) is 330 cm³/mol. The van der Waals surface area contributed by atoms with E-state index in [4.69, 9.17) is 14.2 Å². The first-order chi connectivity index (χ1) is 37.5. The highest BCUT2D eigenvalue weighted by molar-refractivity contribution is 5.71. The quantitative estimate of drug-likeness (QED) is 0.0261. The summed E-state index contributed by atoms with van der Waals surface area (Å²) in [6.45, 7) is 6.37. The molecule has 436 valence electrons. The van der Waals surface area contributed by atoms with Crippen molar-refractivity contribution in [2.45, 2.75) is 316 Å². The molecule has 0 aromatic heterocycles. The second-order valence-corrected chi connectivity index (χ2v) is 21.3. The average molecular weight is 1060 g/mol. The number of carbonyl (C=O) groups is 3. The van der Waals surface area contributed by atoms with Gasteiger partial charge in [0.1, 0.15) is 13.2 Å². The van der Waals surface area contributed by atoms with Gasteiger partial charge in [0.15, 0.2) is 6.10 Å². The average Bonchev–Trinajstić information content (AvgIpc) is 3.42. The molecule has 0 bridgehead atoms. The Balaban J connectivity index is 4.28. The van der Waals surface area contributed by atoms with E-state index in [1.165, 1.54) is 161 Å². The van der Waals surface area contributed by atoms with Gasteiger partial charge in [-0.25, -0.2) is 0 Å². The van der Waals surface area contributed by atoms with Gasteiger partial charge in [-0.05, 0) is 96.3 Å². The number of esters is 3. The van der Waals surface area contributed by atoms with Crippen LogP contribution in [0.2, 0.25) is 0 Å². The van der Waals surface area contributed by atoms with Crippen molar-refractivity contribution >= 4 is 17.9 Å². The van der Waals surface area contributed by atoms with Crippen LogP contribution in [0.4, 0.5) is 0 Å². The van der Waals surface area contributed by atoms with Gasteiger partial charge < -0.3 is 14.2 Å². The molecule has 0 amide bonds. The van der Waals surface area contributed by atoms with Crippen molar-refractivity contribution in [2.24, 2.45) is 0 Å². The number of allylic oxidation sites excluding steroid dienone is 16. The highest BCUT2D eigenvalue weighted by Crippen LogP contribution is 2.17. The third-order valence-corrected chi connectivity index (χ3v) is 13.8. The molecule has 0 aromatic carbocycles. The highest BCUT2D eigenvalue weighted by Gasteiger charge is 2.19. The minimum absolute atomic E-state index is 0.106. The zero-order valence-corrected chi connectivity index (χ0v) is 50.0. The van der Waals surface area contributed by atoms with Crippen LogP contribution < -0.4 is 0 Å². The van der Waals surface area contributed by atoms with Crippen LogP contribution in [-0.2, 0) is 28.6 Å². The van der Waals surface area contributed by atoms with Gasteiger partial charge in [-0.15, -0.1) is 0 Å². The van der Waals surface area contributed by atoms with Crippen LogP contribution in [0.25, 0.3) is 0 Å². The van der Waals surface area contributed by atoms with Gasteiger partial charge in [0.25, 0.3) is 0 Å². The first-order valence-electron chi connectivity index (χ1n) is 32.2. The smallest absolute Gasteiger partial charge is 0.306 e. The molecule has 1 unspecified atom stereocenters. The van der Waals surface area contributed by atoms with Gasteiger partial charge in [0.2, 0.25) is 0 Å². The maximum atomic E-state index is 12.9. The summed E-state index contributed by atoms with van der Waals surface area (Å²) < 4.78 is 16.8. The van der Waals surface area contributed by atoms with Crippen molar-refractivity contribution < 1.29 is 28.6 Å². The van der Waals surface area contributed by atoms with E-state index in [0.717, 1.165) is 96.3 Å². The first-order valence-corrected chi connectivity index (χ1v) is 32.2. The largest absolute Gasteiger partial charge is 0.462 e. The van der Waals surface area contributed by atoms with Crippen LogP contribution in [0.5, 0.6) is 0 Å². The van der Waals surface area contributed by atoms with Crippen molar-refractivity contribution in [1.29, 1.82) is 0 Å². The Morgan fingerprint density at radius 2 is 0.513 bits per heavy atom. The van der Waals surface area contributed by atoms with Crippen LogP contribution in [0.15, 0.2) is 97.2 Å². The van der Waals surface area contributed by atoms with Crippen molar-refractivity contribution in [3.63, 3.8) is 0 Å². The predicted octanol–water partition coefficient (Wildman–Crippen LogP) is 22.0. The third kappa shape index (κ3) is 61.2. The van der Waals surface area contributed by atoms with E-state index in [1.54, 1.807) is 0 Å². The monoisotopic (exact) mass is 1060 g/mol. The normalized spacial score (nSPS) is 12.7. The fraction of sp³-hybridized carbons (Fsp3) is 0.729. The lowest BCUT2D eigenvalue weighted by Gasteiger charge is -2.18. The number of hydrogen-bond acceptors (Lipinski definition) is 6. The number of ether oxygens (including phenoxy) is 3. The van der Waals surface area contributed by atoms with Gasteiger partial charge >= 0.3 is 17.9 Å². The Bertz CT molecular complexity index is 1490. The second-order valence-electron chi connectivity index (χ2n) is 21.3. The van der Waals surface area contributed by atoms with E-state index in [2.05, 4.69) is 118 Å². The van der Waals surface area contributed by atoms with E-state index in [9.17, 15) is 14.4 Å². The number of hydrogen-bond donors (Lipinski definition) is 0. The van der Waals surface area contributed by atoms with Crippen LogP contribution >= 0.6 is 0 Å². The maximum Gasteiger partial charge on any atom is 0.306 e. The zero-order chi connectivity index (χ0) is 55.0.